The van der Waals surface area contributed by atoms with Gasteiger partial charge < -0.3 is 5.11 Å². The van der Waals surface area contributed by atoms with E-state index >= 15 is 0 Å². The molecule has 4 rings (SSSR count). The summed E-state index contributed by atoms with van der Waals surface area (Å²) in [5, 5.41) is 22.6. The van der Waals surface area contributed by atoms with Crippen LogP contribution < -0.4 is 5.43 Å². The van der Waals surface area contributed by atoms with Crippen LogP contribution in [0.25, 0.3) is 17.1 Å². The van der Waals surface area contributed by atoms with Gasteiger partial charge in [-0.15, -0.1) is 10.2 Å². The van der Waals surface area contributed by atoms with Crippen molar-refractivity contribution in [2.24, 2.45) is 5.10 Å². The number of hydrogen-bond acceptors (Lipinski definition) is 6. The highest BCUT2D eigenvalue weighted by Gasteiger charge is 2.17. The molecular formula is C24H21N5O2S. The van der Waals surface area contributed by atoms with E-state index in [0.29, 0.717) is 11.0 Å². The summed E-state index contributed by atoms with van der Waals surface area (Å²) in [6.45, 7) is 2.03. The van der Waals surface area contributed by atoms with Crippen molar-refractivity contribution in [3.63, 3.8) is 0 Å². The summed E-state index contributed by atoms with van der Waals surface area (Å²) >= 11 is 1.29. The molecule has 0 atom stereocenters. The first-order valence-electron chi connectivity index (χ1n) is 9.92. The molecule has 0 radical (unpaired) electrons. The summed E-state index contributed by atoms with van der Waals surface area (Å²) in [6.07, 6.45) is 1.52. The smallest absolute Gasteiger partial charge is 0.250 e. The van der Waals surface area contributed by atoms with Crippen LogP contribution in [0.5, 0.6) is 5.75 Å². The van der Waals surface area contributed by atoms with Crippen molar-refractivity contribution < 1.29 is 9.90 Å². The van der Waals surface area contributed by atoms with E-state index in [2.05, 4.69) is 20.7 Å². The molecule has 0 aliphatic heterocycles. The second kappa shape index (κ2) is 9.93. The second-order valence-electron chi connectivity index (χ2n) is 7.02. The Hall–Kier alpha value is -3.91. The molecule has 0 aliphatic rings. The van der Waals surface area contributed by atoms with Crippen molar-refractivity contribution in [2.45, 2.75) is 12.1 Å². The lowest BCUT2D eigenvalue weighted by Crippen LogP contribution is -2.20. The van der Waals surface area contributed by atoms with Crippen molar-refractivity contribution in [1.29, 1.82) is 0 Å². The molecule has 7 nitrogen and oxygen atoms in total. The number of carbonyl (C=O) groups excluding carboxylic acids is 1. The van der Waals surface area contributed by atoms with Crippen LogP contribution in [-0.2, 0) is 4.79 Å². The summed E-state index contributed by atoms with van der Waals surface area (Å²) in [5.41, 5.74) is 6.30. The van der Waals surface area contributed by atoms with Gasteiger partial charge in [0.05, 0.1) is 12.0 Å². The zero-order valence-electron chi connectivity index (χ0n) is 17.3. The second-order valence-corrected chi connectivity index (χ2v) is 7.96. The third kappa shape index (κ3) is 5.22. The van der Waals surface area contributed by atoms with E-state index in [-0.39, 0.29) is 17.4 Å². The van der Waals surface area contributed by atoms with E-state index in [0.717, 1.165) is 22.4 Å². The van der Waals surface area contributed by atoms with E-state index in [4.69, 9.17) is 0 Å². The van der Waals surface area contributed by atoms with Crippen molar-refractivity contribution in [1.82, 2.24) is 20.2 Å². The fourth-order valence-electron chi connectivity index (χ4n) is 2.97. The zero-order valence-corrected chi connectivity index (χ0v) is 18.2. The molecule has 4 aromatic rings. The molecule has 160 valence electrons. The van der Waals surface area contributed by atoms with E-state index in [1.807, 2.05) is 66.1 Å². The molecule has 8 heteroatoms. The van der Waals surface area contributed by atoms with Crippen LogP contribution in [0.15, 0.2) is 89.1 Å². The van der Waals surface area contributed by atoms with Crippen molar-refractivity contribution in [3.8, 4) is 22.8 Å². The maximum absolute atomic E-state index is 12.3. The van der Waals surface area contributed by atoms with Crippen molar-refractivity contribution in [2.75, 3.05) is 5.75 Å². The Kier molecular flexibility index (Phi) is 6.62. The minimum absolute atomic E-state index is 0.131. The number of amides is 1. The molecule has 1 aromatic heterocycles. The van der Waals surface area contributed by atoms with Crippen LogP contribution in [0.2, 0.25) is 0 Å². The number of aryl methyl sites for hydroxylation is 1. The van der Waals surface area contributed by atoms with Crippen LogP contribution >= 0.6 is 11.8 Å². The average Bonchev–Trinajstić information content (AvgIpc) is 3.24. The fourth-order valence-corrected chi connectivity index (χ4v) is 3.71. The summed E-state index contributed by atoms with van der Waals surface area (Å²) < 4.78 is 1.95. The number of aromatic hydroxyl groups is 1. The number of hydrazone groups is 1. The van der Waals surface area contributed by atoms with E-state index < -0.39 is 0 Å². The Morgan fingerprint density at radius 2 is 1.75 bits per heavy atom. The lowest BCUT2D eigenvalue weighted by Gasteiger charge is -2.10. The number of benzene rings is 3. The number of hydrogen-bond donors (Lipinski definition) is 2. The molecule has 0 saturated heterocycles. The Balaban J connectivity index is 1.49. The molecule has 0 spiro atoms. The number of phenols is 1. The first-order valence-corrected chi connectivity index (χ1v) is 10.9. The molecule has 0 saturated carbocycles. The lowest BCUT2D eigenvalue weighted by atomic mass is 10.2. The third-order valence-electron chi connectivity index (χ3n) is 4.59. The van der Waals surface area contributed by atoms with Gasteiger partial charge in [-0.2, -0.15) is 5.10 Å². The van der Waals surface area contributed by atoms with Gasteiger partial charge in [-0.1, -0.05) is 59.8 Å². The van der Waals surface area contributed by atoms with Gasteiger partial charge in [0.25, 0.3) is 5.91 Å². The normalized spacial score (nSPS) is 11.0. The lowest BCUT2D eigenvalue weighted by molar-refractivity contribution is -0.118. The maximum Gasteiger partial charge on any atom is 0.250 e. The Bertz CT molecular complexity index is 1220. The number of phenolic OH excluding ortho intramolecular Hbond substituents is 1. The van der Waals surface area contributed by atoms with Gasteiger partial charge in [0, 0.05) is 11.3 Å². The minimum Gasteiger partial charge on any atom is -0.508 e. The van der Waals surface area contributed by atoms with Gasteiger partial charge >= 0.3 is 0 Å². The quantitative estimate of drug-likeness (QED) is 0.254. The van der Waals surface area contributed by atoms with Crippen LogP contribution in [0.3, 0.4) is 0 Å². The SMILES string of the molecule is Cc1ccc(-n2c(SCC(=O)N/N=C/c3ccc(O)cc3)nnc2-c2ccccc2)cc1. The van der Waals surface area contributed by atoms with Crippen LogP contribution in [0.1, 0.15) is 11.1 Å². The first-order chi connectivity index (χ1) is 15.6. The largest absolute Gasteiger partial charge is 0.508 e. The van der Waals surface area contributed by atoms with Crippen LogP contribution in [0.4, 0.5) is 0 Å². The zero-order chi connectivity index (χ0) is 22.3. The summed E-state index contributed by atoms with van der Waals surface area (Å²) in [4.78, 5) is 12.3. The van der Waals surface area contributed by atoms with Crippen molar-refractivity contribution in [3.05, 3.63) is 90.0 Å². The van der Waals surface area contributed by atoms with Gasteiger partial charge in [0.15, 0.2) is 11.0 Å². The van der Waals surface area contributed by atoms with E-state index in [9.17, 15) is 9.90 Å². The molecule has 3 aromatic carbocycles. The fraction of sp³-hybridized carbons (Fsp3) is 0.0833. The van der Waals surface area contributed by atoms with Gasteiger partial charge in [-0.3, -0.25) is 9.36 Å². The molecule has 1 heterocycles. The predicted octanol–water partition coefficient (Wildman–Crippen LogP) is 4.19. The molecule has 0 fully saturated rings. The minimum atomic E-state index is -0.259. The number of aromatic nitrogens is 3. The number of nitrogens with one attached hydrogen (secondary N) is 1. The molecule has 0 bridgehead atoms. The number of carbonyl (C=O) groups is 1. The standard InChI is InChI=1S/C24H21N5O2S/c1-17-7-11-20(12-8-17)29-23(19-5-3-2-4-6-19)27-28-24(29)32-16-22(31)26-25-15-18-9-13-21(30)14-10-18/h2-15,30H,16H2,1H3,(H,26,31)/b25-15+. The van der Waals surface area contributed by atoms with Crippen molar-refractivity contribution >= 4 is 23.9 Å². The number of thioether (sulfide) groups is 1. The summed E-state index contributed by atoms with van der Waals surface area (Å²) in [6, 6.07) is 24.4. The van der Waals surface area contributed by atoms with E-state index in [1.165, 1.54) is 18.0 Å². The monoisotopic (exact) mass is 443 g/mol. The molecule has 0 aliphatic carbocycles. The molecule has 1 amide bonds. The molecular weight excluding hydrogens is 422 g/mol. The highest BCUT2D eigenvalue weighted by molar-refractivity contribution is 7.99. The topological polar surface area (TPSA) is 92.4 Å². The number of nitrogens with zero attached hydrogens (tertiary/aromatic N) is 4. The van der Waals surface area contributed by atoms with Gasteiger partial charge in [-0.05, 0) is 48.9 Å². The van der Waals surface area contributed by atoms with E-state index in [1.54, 1.807) is 24.3 Å². The number of rotatable bonds is 7. The maximum atomic E-state index is 12.3. The van der Waals surface area contributed by atoms with Crippen LogP contribution in [-0.4, -0.2) is 37.7 Å². The summed E-state index contributed by atoms with van der Waals surface area (Å²) in [7, 11) is 0. The Morgan fingerprint density at radius 3 is 2.47 bits per heavy atom. The Morgan fingerprint density at radius 1 is 1.03 bits per heavy atom. The Labute approximate surface area is 189 Å². The average molecular weight is 444 g/mol. The molecule has 32 heavy (non-hydrogen) atoms. The first kappa shape index (κ1) is 21.3. The highest BCUT2D eigenvalue weighted by atomic mass is 32.2. The molecule has 0 unspecified atom stereocenters. The highest BCUT2D eigenvalue weighted by Crippen LogP contribution is 2.28. The van der Waals surface area contributed by atoms with Gasteiger partial charge in [-0.25, -0.2) is 5.43 Å². The van der Waals surface area contributed by atoms with Gasteiger partial charge in [0.1, 0.15) is 5.75 Å². The third-order valence-corrected chi connectivity index (χ3v) is 5.51. The molecule has 2 N–H and O–H groups in total. The van der Waals surface area contributed by atoms with Crippen LogP contribution in [0, 0.1) is 6.92 Å². The summed E-state index contributed by atoms with van der Waals surface area (Å²) in [5.74, 6) is 0.758. The predicted molar refractivity (Wildman–Crippen MR) is 126 cm³/mol. The van der Waals surface area contributed by atoms with Gasteiger partial charge in [0.2, 0.25) is 0 Å².